The van der Waals surface area contributed by atoms with Crippen LogP contribution in [0.3, 0.4) is 0 Å². The number of ether oxygens (including phenoxy) is 1. The Morgan fingerprint density at radius 2 is 2.13 bits per heavy atom. The van der Waals surface area contributed by atoms with Gasteiger partial charge >= 0.3 is 0 Å². The largest absolute Gasteiger partial charge is 0.383 e. The topological polar surface area (TPSA) is 120 Å². The summed E-state index contributed by atoms with van der Waals surface area (Å²) in [5.41, 5.74) is 8.64. The predicted molar refractivity (Wildman–Crippen MR) is 150 cm³/mol. The number of primary amides is 1. The predicted octanol–water partition coefficient (Wildman–Crippen LogP) is 3.30. The van der Waals surface area contributed by atoms with E-state index in [0.29, 0.717) is 42.0 Å². The molecule has 0 aliphatic carbocycles. The lowest BCUT2D eigenvalue weighted by Gasteiger charge is -2.22. The van der Waals surface area contributed by atoms with E-state index in [1.807, 2.05) is 12.1 Å². The summed E-state index contributed by atoms with van der Waals surface area (Å²) < 4.78 is 9.31. The summed E-state index contributed by atoms with van der Waals surface area (Å²) in [4.78, 5) is 31.5. The molecule has 0 unspecified atom stereocenters. The van der Waals surface area contributed by atoms with Crippen LogP contribution in [-0.4, -0.2) is 69.4 Å². The van der Waals surface area contributed by atoms with Crippen molar-refractivity contribution >= 4 is 40.3 Å². The zero-order chi connectivity index (χ0) is 27.8. The van der Waals surface area contributed by atoms with E-state index in [2.05, 4.69) is 40.3 Å². The molecule has 2 aliphatic rings. The van der Waals surface area contributed by atoms with Crippen molar-refractivity contribution in [2.24, 2.45) is 5.73 Å². The number of nitrogens with zero attached hydrogens (tertiary/aromatic N) is 5. The fourth-order valence-electron chi connectivity index (χ4n) is 5.85. The van der Waals surface area contributed by atoms with E-state index >= 15 is 0 Å². The van der Waals surface area contributed by atoms with Gasteiger partial charge in [0.05, 0.1) is 34.7 Å². The van der Waals surface area contributed by atoms with Gasteiger partial charge in [-0.1, -0.05) is 31.0 Å². The second kappa shape index (κ2) is 10.8. The fourth-order valence-corrected chi connectivity index (χ4v) is 6.05. The van der Waals surface area contributed by atoms with Gasteiger partial charge < -0.3 is 25.3 Å². The number of likely N-dealkylation sites (tertiary alicyclic amines) is 1. The Hall–Kier alpha value is -3.81. The van der Waals surface area contributed by atoms with Crippen molar-refractivity contribution in [2.45, 2.75) is 50.7 Å². The first-order chi connectivity index (χ1) is 18.8. The normalized spacial score (nSPS) is 20.1. The van der Waals surface area contributed by atoms with Crippen LogP contribution in [-0.2, 0) is 16.0 Å². The maximum atomic E-state index is 12.5. The van der Waals surface area contributed by atoms with Gasteiger partial charge in [0.25, 0.3) is 5.91 Å². The molecule has 3 N–H and O–H groups in total. The highest BCUT2D eigenvalue weighted by Crippen LogP contribution is 2.35. The van der Waals surface area contributed by atoms with Gasteiger partial charge in [-0.3, -0.25) is 9.59 Å². The second-order valence-electron chi connectivity index (χ2n) is 9.89. The van der Waals surface area contributed by atoms with Gasteiger partial charge in [0, 0.05) is 38.7 Å². The highest BCUT2D eigenvalue weighted by atomic mass is 35.5. The minimum atomic E-state index is -0.655. The van der Waals surface area contributed by atoms with Crippen molar-refractivity contribution in [3.05, 3.63) is 52.5 Å². The maximum Gasteiger partial charge on any atom is 0.255 e. The van der Waals surface area contributed by atoms with Gasteiger partial charge in [-0.25, -0.2) is 9.67 Å². The molecule has 4 heterocycles. The molecule has 0 saturated carbocycles. The number of anilines is 1. The Bertz CT molecular complexity index is 1530. The number of benzene rings is 1. The van der Waals surface area contributed by atoms with Crippen LogP contribution in [0.4, 0.5) is 5.82 Å². The molecule has 11 heteroatoms. The molecule has 39 heavy (non-hydrogen) atoms. The van der Waals surface area contributed by atoms with Crippen molar-refractivity contribution in [1.82, 2.24) is 24.2 Å². The molecular weight excluding hydrogens is 518 g/mol. The van der Waals surface area contributed by atoms with E-state index < -0.39 is 5.91 Å². The van der Waals surface area contributed by atoms with E-state index in [-0.39, 0.29) is 29.2 Å². The third kappa shape index (κ3) is 4.66. The number of nitrogens with one attached hydrogen (secondary N) is 1. The minimum absolute atomic E-state index is 0.152. The third-order valence-electron chi connectivity index (χ3n) is 7.65. The standard InChI is InChI=1S/C28H32ClN7O3/c1-5-17-8-10-24-32-22-11-16(20(29)13-23(22)35(17)24)7-9-21-26(27(30)38)28(31-3)36(33-21)18-12-19(15-39-4)34(14-18)25(37)6-2/h6,11,13,17-19,31H,2,5,8,10,12,14-15H2,1,3-4H3,(H2,30,38)/t17-,18+,19-/m1/s1. The molecule has 10 nitrogen and oxygen atoms in total. The smallest absolute Gasteiger partial charge is 0.255 e. The first-order valence-electron chi connectivity index (χ1n) is 13.1. The number of hydrogen-bond acceptors (Lipinski definition) is 6. The summed E-state index contributed by atoms with van der Waals surface area (Å²) in [6.07, 6.45) is 4.95. The number of aromatic nitrogens is 4. The lowest BCUT2D eigenvalue weighted by atomic mass is 10.1. The Labute approximate surface area is 232 Å². The molecule has 1 fully saturated rings. The summed E-state index contributed by atoms with van der Waals surface area (Å²) in [5, 5.41) is 8.24. The van der Waals surface area contributed by atoms with E-state index in [1.165, 1.54) is 6.08 Å². The molecule has 204 valence electrons. The van der Waals surface area contributed by atoms with Gasteiger partial charge in [-0.05, 0) is 43.4 Å². The summed E-state index contributed by atoms with van der Waals surface area (Å²) >= 11 is 6.66. The summed E-state index contributed by atoms with van der Waals surface area (Å²) in [7, 11) is 3.29. The molecule has 0 spiro atoms. The van der Waals surface area contributed by atoms with Crippen LogP contribution < -0.4 is 11.1 Å². The zero-order valence-corrected chi connectivity index (χ0v) is 23.1. The second-order valence-corrected chi connectivity index (χ2v) is 10.3. The number of nitrogens with two attached hydrogens (primary N) is 1. The Morgan fingerprint density at radius 3 is 2.79 bits per heavy atom. The highest BCUT2D eigenvalue weighted by Gasteiger charge is 2.38. The van der Waals surface area contributed by atoms with Gasteiger partial charge in [0.1, 0.15) is 17.2 Å². The molecule has 2 amide bonds. The quantitative estimate of drug-likeness (QED) is 0.345. The molecule has 1 aromatic carbocycles. The van der Waals surface area contributed by atoms with Gasteiger partial charge in [-0.15, -0.1) is 0 Å². The van der Waals surface area contributed by atoms with E-state index in [9.17, 15) is 9.59 Å². The Morgan fingerprint density at radius 1 is 1.33 bits per heavy atom. The SMILES string of the molecule is C=CC(=O)N1C[C@@H](n2nc(C#Cc3cc4nc5n(c4cc3Cl)[C@H](CC)CC5)c(C(N)=O)c2NC)C[C@@H]1COC. The summed E-state index contributed by atoms with van der Waals surface area (Å²) in [6.45, 7) is 6.55. The monoisotopic (exact) mass is 549 g/mol. The molecule has 5 rings (SSSR count). The first kappa shape index (κ1) is 26.8. The minimum Gasteiger partial charge on any atom is -0.383 e. The van der Waals surface area contributed by atoms with Crippen LogP contribution in [0.2, 0.25) is 5.02 Å². The summed E-state index contributed by atoms with van der Waals surface area (Å²) in [5.74, 6) is 6.78. The number of fused-ring (bicyclic) bond motifs is 3. The Balaban J connectivity index is 1.53. The average Bonchev–Trinajstić information content (AvgIpc) is 3.68. The average molecular weight is 550 g/mol. The van der Waals surface area contributed by atoms with Gasteiger partial charge in [-0.2, -0.15) is 5.10 Å². The number of amides is 2. The third-order valence-corrected chi connectivity index (χ3v) is 7.97. The molecule has 3 aromatic rings. The number of imidazole rings is 1. The van der Waals surface area contributed by atoms with Gasteiger partial charge in [0.15, 0.2) is 5.69 Å². The lowest BCUT2D eigenvalue weighted by molar-refractivity contribution is -0.127. The number of carbonyl (C=O) groups is 2. The summed E-state index contributed by atoms with van der Waals surface area (Å²) in [6, 6.07) is 3.85. The van der Waals surface area contributed by atoms with E-state index in [0.717, 1.165) is 36.1 Å². The fraction of sp³-hybridized carbons (Fsp3) is 0.429. The van der Waals surface area contributed by atoms with Crippen molar-refractivity contribution in [2.75, 3.05) is 32.6 Å². The molecule has 2 aliphatic heterocycles. The molecule has 3 atom stereocenters. The van der Waals surface area contributed by atoms with Crippen molar-refractivity contribution in [1.29, 1.82) is 0 Å². The van der Waals surface area contributed by atoms with Gasteiger partial charge in [0.2, 0.25) is 5.91 Å². The van der Waals surface area contributed by atoms with Crippen molar-refractivity contribution < 1.29 is 14.3 Å². The zero-order valence-electron chi connectivity index (χ0n) is 22.3. The number of halogens is 1. The number of methoxy groups -OCH3 is 1. The number of hydrogen-bond donors (Lipinski definition) is 2. The molecule has 1 saturated heterocycles. The van der Waals surface area contributed by atoms with E-state index in [1.54, 1.807) is 23.7 Å². The highest BCUT2D eigenvalue weighted by molar-refractivity contribution is 6.32. The van der Waals surface area contributed by atoms with Crippen molar-refractivity contribution in [3.63, 3.8) is 0 Å². The number of aryl methyl sites for hydroxylation is 1. The maximum absolute atomic E-state index is 12.5. The van der Waals surface area contributed by atoms with Crippen molar-refractivity contribution in [3.8, 4) is 11.8 Å². The molecule has 2 aromatic heterocycles. The van der Waals surface area contributed by atoms with Crippen LogP contribution in [0, 0.1) is 11.8 Å². The number of carbonyl (C=O) groups excluding carboxylic acids is 2. The van der Waals surface area contributed by atoms with Crippen LogP contribution in [0.5, 0.6) is 0 Å². The van der Waals surface area contributed by atoms with E-state index in [4.69, 9.17) is 27.1 Å². The molecule has 0 radical (unpaired) electrons. The lowest BCUT2D eigenvalue weighted by Crippen LogP contribution is -2.37. The number of rotatable bonds is 7. The van der Waals surface area contributed by atoms with Crippen LogP contribution in [0.25, 0.3) is 11.0 Å². The van der Waals surface area contributed by atoms with Crippen LogP contribution >= 0.6 is 11.6 Å². The van der Waals surface area contributed by atoms with Crippen LogP contribution in [0.1, 0.15) is 65.7 Å². The molecular formula is C28H32ClN7O3. The van der Waals surface area contributed by atoms with Crippen LogP contribution in [0.15, 0.2) is 24.8 Å². The Kier molecular flexibility index (Phi) is 7.38. The molecule has 0 bridgehead atoms. The first-order valence-corrected chi connectivity index (χ1v) is 13.4.